The number of hydrogen-bond donors (Lipinski definition) is 0. The van der Waals surface area contributed by atoms with E-state index in [0.717, 1.165) is 67.5 Å². The molecule has 20 rings (SSSR count). The summed E-state index contributed by atoms with van der Waals surface area (Å²) in [6.45, 7) is 9.72. The van der Waals surface area contributed by atoms with Gasteiger partial charge in [-0.15, -0.1) is 0 Å². The van der Waals surface area contributed by atoms with Crippen LogP contribution in [0.1, 0.15) is 49.9 Å². The average Bonchev–Trinajstić information content (AvgIpc) is 1.53. The fraction of sp³-hybridized carbons (Fsp3) is 0.0577. The molecule has 0 aromatic heterocycles. The lowest BCUT2D eigenvalue weighted by molar-refractivity contribution is 0.652. The molecule has 0 amide bonds. The molecule has 0 radical (unpaired) electrons. The SMILES string of the molecule is CC1(C)c2cc(N(c3ccccc3)c3ccccc3)ccc2-c2cc3c(cc21)-c1ccc(N(c2ccccc2)c2cc(-c4cc(-c5cccc6ccccc56)cc(-c5cccc6ccccc56)c4)cc(-c4ccc(-c5cccc6ccccc56)c5c(-c6cccc7ccccc67)cccc45)c2)cc1C3(C)C. The third-order valence-electron chi connectivity index (χ3n) is 23.2. The van der Waals surface area contributed by atoms with E-state index in [2.05, 4.69) is 414 Å². The first-order valence-electron chi connectivity index (χ1n) is 37.1. The Morgan fingerprint density at radius 2 is 0.453 bits per heavy atom. The van der Waals surface area contributed by atoms with Crippen LogP contribution >= 0.6 is 0 Å². The Morgan fingerprint density at radius 1 is 0.170 bits per heavy atom. The van der Waals surface area contributed by atoms with E-state index in [9.17, 15) is 0 Å². The molecule has 2 aliphatic rings. The minimum absolute atomic E-state index is 0.266. The van der Waals surface area contributed by atoms with Gasteiger partial charge in [0.15, 0.2) is 0 Å². The summed E-state index contributed by atoms with van der Waals surface area (Å²) in [5.41, 5.74) is 30.7. The molecule has 2 aliphatic carbocycles. The van der Waals surface area contributed by atoms with Gasteiger partial charge in [-0.2, -0.15) is 0 Å². The van der Waals surface area contributed by atoms with Crippen LogP contribution in [0.25, 0.3) is 143 Å². The van der Waals surface area contributed by atoms with Gasteiger partial charge in [0.1, 0.15) is 0 Å². The highest BCUT2D eigenvalue weighted by Crippen LogP contribution is 2.58. The zero-order valence-corrected chi connectivity index (χ0v) is 59.7. The summed E-state index contributed by atoms with van der Waals surface area (Å²) in [6.07, 6.45) is 0. The topological polar surface area (TPSA) is 6.48 Å². The van der Waals surface area contributed by atoms with E-state index in [0.29, 0.717) is 0 Å². The highest BCUT2D eigenvalue weighted by molar-refractivity contribution is 6.18. The van der Waals surface area contributed by atoms with Crippen LogP contribution in [0.3, 0.4) is 0 Å². The predicted molar refractivity (Wildman–Crippen MR) is 451 cm³/mol. The first-order chi connectivity index (χ1) is 52.1. The fourth-order valence-corrected chi connectivity index (χ4v) is 18.0. The van der Waals surface area contributed by atoms with Crippen molar-refractivity contribution in [3.8, 4) is 89.0 Å². The normalized spacial score (nSPS) is 13.1. The van der Waals surface area contributed by atoms with E-state index < -0.39 is 0 Å². The first-order valence-corrected chi connectivity index (χ1v) is 37.1. The van der Waals surface area contributed by atoms with Gasteiger partial charge in [-0.25, -0.2) is 0 Å². The highest BCUT2D eigenvalue weighted by Gasteiger charge is 2.42. The summed E-state index contributed by atoms with van der Waals surface area (Å²) >= 11 is 0. The molecule has 0 spiro atoms. The maximum Gasteiger partial charge on any atom is 0.0473 e. The molecule has 2 nitrogen and oxygen atoms in total. The van der Waals surface area contributed by atoms with Crippen LogP contribution in [0, 0.1) is 0 Å². The maximum atomic E-state index is 2.55. The number of fused-ring (bicyclic) bond motifs is 11. The van der Waals surface area contributed by atoms with E-state index in [-0.39, 0.29) is 10.8 Å². The Kier molecular flexibility index (Phi) is 14.7. The van der Waals surface area contributed by atoms with E-state index in [1.165, 1.54) is 132 Å². The molecular formula is C104H74N2. The summed E-state index contributed by atoms with van der Waals surface area (Å²) in [7, 11) is 0. The maximum absolute atomic E-state index is 2.55. The van der Waals surface area contributed by atoms with Crippen molar-refractivity contribution in [3.05, 3.63) is 398 Å². The molecule has 18 aromatic rings. The number of anilines is 6. The summed E-state index contributed by atoms with van der Waals surface area (Å²) in [5, 5.41) is 12.2. The van der Waals surface area contributed by atoms with Gasteiger partial charge in [0.05, 0.1) is 0 Å². The summed E-state index contributed by atoms with van der Waals surface area (Å²) in [4.78, 5) is 4.90. The van der Waals surface area contributed by atoms with Crippen molar-refractivity contribution in [2.45, 2.75) is 38.5 Å². The third-order valence-corrected chi connectivity index (χ3v) is 23.2. The Hall–Kier alpha value is -13.1. The van der Waals surface area contributed by atoms with Gasteiger partial charge in [-0.05, 0) is 274 Å². The smallest absolute Gasteiger partial charge is 0.0473 e. The van der Waals surface area contributed by atoms with Crippen LogP contribution in [0.15, 0.2) is 376 Å². The van der Waals surface area contributed by atoms with Crippen LogP contribution in [0.5, 0.6) is 0 Å². The molecule has 106 heavy (non-hydrogen) atoms. The first kappa shape index (κ1) is 62.6. The third kappa shape index (κ3) is 10.2. The monoisotopic (exact) mass is 1350 g/mol. The van der Waals surface area contributed by atoms with E-state index >= 15 is 0 Å². The van der Waals surface area contributed by atoms with Gasteiger partial charge in [0.2, 0.25) is 0 Å². The summed E-state index contributed by atoms with van der Waals surface area (Å²) < 4.78 is 0. The van der Waals surface area contributed by atoms with Crippen molar-refractivity contribution >= 4 is 88.0 Å². The number of nitrogens with zero attached hydrogens (tertiary/aromatic N) is 2. The second kappa shape index (κ2) is 24.8. The molecule has 0 bridgehead atoms. The molecule has 500 valence electrons. The molecule has 0 aliphatic heterocycles. The molecule has 2 heteroatoms. The zero-order chi connectivity index (χ0) is 70.8. The molecular weight excluding hydrogens is 1280 g/mol. The Labute approximate surface area is 619 Å². The second-order valence-electron chi connectivity index (χ2n) is 29.9. The lowest BCUT2D eigenvalue weighted by atomic mass is 9.79. The molecule has 0 saturated carbocycles. The van der Waals surface area contributed by atoms with Crippen molar-refractivity contribution in [1.82, 2.24) is 0 Å². The van der Waals surface area contributed by atoms with Crippen molar-refractivity contribution < 1.29 is 0 Å². The van der Waals surface area contributed by atoms with Gasteiger partial charge < -0.3 is 9.80 Å². The highest BCUT2D eigenvalue weighted by atomic mass is 15.1. The summed E-state index contributed by atoms with van der Waals surface area (Å²) in [5.74, 6) is 0. The number of para-hydroxylation sites is 3. The van der Waals surface area contributed by atoms with Crippen molar-refractivity contribution in [1.29, 1.82) is 0 Å². The average molecular weight is 1350 g/mol. The number of hydrogen-bond acceptors (Lipinski definition) is 2. The largest absolute Gasteiger partial charge is 0.310 e. The Balaban J connectivity index is 0.802. The standard InChI is InChI=1S/C104H74N2/c1-103(2)98-63-79(105(76-35-8-5-9-36-76)77-37-10-6-11-38-77)51-53-91(98)96-65-101-97(66-100(96)103)92-54-52-80(64-99(92)104(101,3)4)106(78-39-12-7-13-40-78)81-61-72(71-57-73(86-45-22-31-67-27-14-18-41-82(67)86)60-74(58-71)87-46-23-32-68-28-15-19-42-83(68)87)59-75(62-81)88-55-56-95(90-48-25-34-70-30-17-21-44-85(70)90)102-93(88)49-26-50-94(102)89-47-24-33-69-29-16-20-43-84(69)89/h5-66H,1-4H3. The van der Waals surface area contributed by atoms with E-state index in [1.807, 2.05) is 0 Å². The molecule has 0 N–H and O–H groups in total. The van der Waals surface area contributed by atoms with Crippen molar-refractivity contribution in [2.24, 2.45) is 0 Å². The van der Waals surface area contributed by atoms with E-state index in [4.69, 9.17) is 0 Å². The van der Waals surface area contributed by atoms with Crippen LogP contribution < -0.4 is 9.80 Å². The van der Waals surface area contributed by atoms with Gasteiger partial charge in [-0.1, -0.05) is 295 Å². The summed E-state index contributed by atoms with van der Waals surface area (Å²) in [6, 6.07) is 141. The zero-order valence-electron chi connectivity index (χ0n) is 59.7. The fourth-order valence-electron chi connectivity index (χ4n) is 18.0. The lowest BCUT2D eigenvalue weighted by Crippen LogP contribution is -2.18. The van der Waals surface area contributed by atoms with Crippen molar-refractivity contribution in [3.63, 3.8) is 0 Å². The van der Waals surface area contributed by atoms with Crippen LogP contribution in [-0.2, 0) is 10.8 Å². The molecule has 0 heterocycles. The molecule has 0 atom stereocenters. The predicted octanol–water partition coefficient (Wildman–Crippen LogP) is 29.0. The van der Waals surface area contributed by atoms with Crippen molar-refractivity contribution in [2.75, 3.05) is 9.80 Å². The minimum Gasteiger partial charge on any atom is -0.310 e. The molecule has 18 aromatic carbocycles. The van der Waals surface area contributed by atoms with Crippen LogP contribution in [0.4, 0.5) is 34.1 Å². The minimum atomic E-state index is -0.345. The number of benzene rings is 18. The molecule has 0 fully saturated rings. The Bertz CT molecular complexity index is 6340. The van der Waals surface area contributed by atoms with Crippen LogP contribution in [-0.4, -0.2) is 0 Å². The van der Waals surface area contributed by atoms with Crippen LogP contribution in [0.2, 0.25) is 0 Å². The van der Waals surface area contributed by atoms with Gasteiger partial charge >= 0.3 is 0 Å². The van der Waals surface area contributed by atoms with E-state index in [1.54, 1.807) is 0 Å². The molecule has 0 unspecified atom stereocenters. The number of rotatable bonds is 12. The Morgan fingerprint density at radius 3 is 0.906 bits per heavy atom. The molecule has 0 saturated heterocycles. The second-order valence-corrected chi connectivity index (χ2v) is 29.9. The van der Waals surface area contributed by atoms with Gasteiger partial charge in [0.25, 0.3) is 0 Å². The van der Waals surface area contributed by atoms with Gasteiger partial charge in [0, 0.05) is 45.0 Å². The lowest BCUT2D eigenvalue weighted by Gasteiger charge is -2.29. The van der Waals surface area contributed by atoms with Gasteiger partial charge in [-0.3, -0.25) is 0 Å². The quantitative estimate of drug-likeness (QED) is 0.120.